The molecule has 1 atom stereocenters. The molecule has 7 heteroatoms. The van der Waals surface area contributed by atoms with Crippen LogP contribution in [-0.4, -0.2) is 9.55 Å². The lowest BCUT2D eigenvalue weighted by molar-refractivity contribution is -0.137. The Balaban J connectivity index is 2.42. The quantitative estimate of drug-likeness (QED) is 0.662. The third kappa shape index (κ3) is 2.77. The lowest BCUT2D eigenvalue weighted by atomic mass is 10.0. The van der Waals surface area contributed by atoms with Crippen LogP contribution in [-0.2, 0) is 13.2 Å². The number of alkyl halides is 3. The Morgan fingerprint density at radius 1 is 1.37 bits per heavy atom. The van der Waals surface area contributed by atoms with Gasteiger partial charge in [-0.25, -0.2) is 10.4 Å². The highest BCUT2D eigenvalue weighted by Gasteiger charge is 2.31. The summed E-state index contributed by atoms with van der Waals surface area (Å²) in [5.41, 5.74) is 2.19. The molecule has 1 aromatic carbocycles. The monoisotopic (exact) mass is 270 g/mol. The first-order valence-corrected chi connectivity index (χ1v) is 5.54. The van der Waals surface area contributed by atoms with E-state index in [4.69, 9.17) is 5.84 Å². The van der Waals surface area contributed by atoms with Crippen LogP contribution in [0.5, 0.6) is 0 Å². The molecule has 0 radical (unpaired) electrons. The van der Waals surface area contributed by atoms with Gasteiger partial charge in [0.05, 0.1) is 5.56 Å². The zero-order chi connectivity index (χ0) is 14.0. The maximum absolute atomic E-state index is 12.7. The zero-order valence-corrected chi connectivity index (χ0v) is 10.1. The van der Waals surface area contributed by atoms with E-state index in [2.05, 4.69) is 10.4 Å². The Morgan fingerprint density at radius 2 is 2.11 bits per heavy atom. The average molecular weight is 270 g/mol. The Kier molecular flexibility index (Phi) is 3.59. The molecule has 2 aromatic rings. The number of hydrogen-bond acceptors (Lipinski definition) is 3. The minimum Gasteiger partial charge on any atom is -0.336 e. The van der Waals surface area contributed by atoms with Crippen molar-refractivity contribution in [2.45, 2.75) is 12.2 Å². The fourth-order valence-electron chi connectivity index (χ4n) is 1.87. The molecule has 0 bridgehead atoms. The Hall–Kier alpha value is -1.86. The molecule has 3 N–H and O–H groups in total. The van der Waals surface area contributed by atoms with Crippen molar-refractivity contribution in [1.82, 2.24) is 15.0 Å². The third-order valence-electron chi connectivity index (χ3n) is 2.83. The van der Waals surface area contributed by atoms with Crippen molar-refractivity contribution in [1.29, 1.82) is 0 Å². The number of benzene rings is 1. The summed E-state index contributed by atoms with van der Waals surface area (Å²) in [6.07, 6.45) is -1.11. The highest BCUT2D eigenvalue weighted by atomic mass is 19.4. The number of hydrogen-bond donors (Lipinski definition) is 2. The smallest absolute Gasteiger partial charge is 0.336 e. The van der Waals surface area contributed by atoms with E-state index in [1.807, 2.05) is 0 Å². The second kappa shape index (κ2) is 5.02. The Labute approximate surface area is 108 Å². The van der Waals surface area contributed by atoms with E-state index in [9.17, 15) is 13.2 Å². The SMILES string of the molecule is Cn1ccnc1C(NN)c1cccc(C(F)(F)F)c1. The molecule has 1 aromatic heterocycles. The van der Waals surface area contributed by atoms with Crippen LogP contribution in [0.15, 0.2) is 36.7 Å². The number of nitrogens with zero attached hydrogens (tertiary/aromatic N) is 2. The lowest BCUT2D eigenvalue weighted by Crippen LogP contribution is -2.31. The summed E-state index contributed by atoms with van der Waals surface area (Å²) >= 11 is 0. The van der Waals surface area contributed by atoms with E-state index in [0.29, 0.717) is 11.4 Å². The second-order valence-electron chi connectivity index (χ2n) is 4.12. The van der Waals surface area contributed by atoms with Crippen LogP contribution in [0.3, 0.4) is 0 Å². The molecule has 102 valence electrons. The molecular formula is C12H13F3N4. The van der Waals surface area contributed by atoms with Gasteiger partial charge in [-0.1, -0.05) is 12.1 Å². The van der Waals surface area contributed by atoms with Gasteiger partial charge < -0.3 is 4.57 Å². The first-order chi connectivity index (χ1) is 8.93. The summed E-state index contributed by atoms with van der Waals surface area (Å²) < 4.78 is 39.8. The standard InChI is InChI=1S/C12H13F3N4/c1-19-6-5-17-11(19)10(18-16)8-3-2-4-9(7-8)12(13,14)15/h2-7,10,18H,16H2,1H3. The van der Waals surface area contributed by atoms with E-state index in [1.54, 1.807) is 30.1 Å². The zero-order valence-electron chi connectivity index (χ0n) is 10.1. The molecule has 0 amide bonds. The number of nitrogens with two attached hydrogens (primary N) is 1. The van der Waals surface area contributed by atoms with E-state index in [0.717, 1.165) is 12.1 Å². The Morgan fingerprint density at radius 3 is 2.63 bits per heavy atom. The number of rotatable bonds is 3. The third-order valence-corrected chi connectivity index (χ3v) is 2.83. The molecule has 19 heavy (non-hydrogen) atoms. The topological polar surface area (TPSA) is 55.9 Å². The van der Waals surface area contributed by atoms with Gasteiger partial charge in [0.15, 0.2) is 0 Å². The van der Waals surface area contributed by atoms with Gasteiger partial charge in [0.2, 0.25) is 0 Å². The summed E-state index contributed by atoms with van der Waals surface area (Å²) in [7, 11) is 1.75. The molecule has 1 unspecified atom stereocenters. The largest absolute Gasteiger partial charge is 0.416 e. The van der Waals surface area contributed by atoms with Crippen LogP contribution in [0.1, 0.15) is 23.0 Å². The highest BCUT2D eigenvalue weighted by molar-refractivity contribution is 5.31. The van der Waals surface area contributed by atoms with E-state index >= 15 is 0 Å². The molecule has 0 saturated carbocycles. The minimum absolute atomic E-state index is 0.409. The van der Waals surface area contributed by atoms with E-state index in [1.165, 1.54) is 6.07 Å². The molecule has 0 aliphatic rings. The van der Waals surface area contributed by atoms with Gasteiger partial charge in [0.1, 0.15) is 11.9 Å². The fraction of sp³-hybridized carbons (Fsp3) is 0.250. The molecule has 0 aliphatic carbocycles. The second-order valence-corrected chi connectivity index (χ2v) is 4.12. The van der Waals surface area contributed by atoms with Crippen molar-refractivity contribution in [3.8, 4) is 0 Å². The van der Waals surface area contributed by atoms with Crippen LogP contribution in [0.2, 0.25) is 0 Å². The normalized spacial score (nSPS) is 13.5. The predicted octanol–water partition coefficient (Wildman–Crippen LogP) is 1.99. The van der Waals surface area contributed by atoms with Gasteiger partial charge in [0, 0.05) is 19.4 Å². The van der Waals surface area contributed by atoms with Gasteiger partial charge >= 0.3 is 6.18 Å². The number of hydrazine groups is 1. The molecule has 0 aliphatic heterocycles. The number of imidazole rings is 1. The van der Waals surface area contributed by atoms with Crippen molar-refractivity contribution in [3.63, 3.8) is 0 Å². The van der Waals surface area contributed by atoms with Gasteiger partial charge in [-0.2, -0.15) is 13.2 Å². The van der Waals surface area contributed by atoms with Gasteiger partial charge in [-0.3, -0.25) is 5.84 Å². The summed E-state index contributed by atoms with van der Waals surface area (Å²) in [5, 5.41) is 0. The highest BCUT2D eigenvalue weighted by Crippen LogP contribution is 2.31. The van der Waals surface area contributed by atoms with Crippen molar-refractivity contribution in [2.75, 3.05) is 0 Å². The maximum atomic E-state index is 12.7. The van der Waals surface area contributed by atoms with Crippen molar-refractivity contribution in [2.24, 2.45) is 12.9 Å². The van der Waals surface area contributed by atoms with Crippen LogP contribution in [0.4, 0.5) is 13.2 Å². The van der Waals surface area contributed by atoms with Gasteiger partial charge in [-0.15, -0.1) is 0 Å². The molecule has 4 nitrogen and oxygen atoms in total. The van der Waals surface area contributed by atoms with Crippen LogP contribution in [0.25, 0.3) is 0 Å². The lowest BCUT2D eigenvalue weighted by Gasteiger charge is -2.17. The van der Waals surface area contributed by atoms with E-state index in [-0.39, 0.29) is 0 Å². The van der Waals surface area contributed by atoms with Crippen LogP contribution >= 0.6 is 0 Å². The molecule has 0 saturated heterocycles. The number of halogens is 3. The van der Waals surface area contributed by atoms with Gasteiger partial charge in [0.25, 0.3) is 0 Å². The predicted molar refractivity (Wildman–Crippen MR) is 63.8 cm³/mol. The molecule has 1 heterocycles. The van der Waals surface area contributed by atoms with Crippen LogP contribution in [0, 0.1) is 0 Å². The first-order valence-electron chi connectivity index (χ1n) is 5.54. The molecular weight excluding hydrogens is 257 g/mol. The molecule has 0 fully saturated rings. The summed E-state index contributed by atoms with van der Waals surface area (Å²) in [6.45, 7) is 0. The van der Waals surface area contributed by atoms with Crippen molar-refractivity contribution >= 4 is 0 Å². The number of nitrogens with one attached hydrogen (secondary N) is 1. The van der Waals surface area contributed by atoms with Crippen LogP contribution < -0.4 is 11.3 Å². The summed E-state index contributed by atoms with van der Waals surface area (Å²) in [5.74, 6) is 5.98. The molecule has 2 rings (SSSR count). The number of aromatic nitrogens is 2. The summed E-state index contributed by atoms with van der Waals surface area (Å²) in [4.78, 5) is 4.09. The molecule has 0 spiro atoms. The fourth-order valence-corrected chi connectivity index (χ4v) is 1.87. The Bertz CT molecular complexity index is 562. The van der Waals surface area contributed by atoms with Gasteiger partial charge in [-0.05, 0) is 17.7 Å². The summed E-state index contributed by atoms with van der Waals surface area (Å²) in [6, 6.07) is 4.43. The number of aryl methyl sites for hydroxylation is 1. The van der Waals surface area contributed by atoms with Crippen molar-refractivity contribution < 1.29 is 13.2 Å². The first kappa shape index (κ1) is 13.6. The maximum Gasteiger partial charge on any atom is 0.416 e. The average Bonchev–Trinajstić information content (AvgIpc) is 2.76. The minimum atomic E-state index is -4.38. The van der Waals surface area contributed by atoms with E-state index < -0.39 is 17.8 Å². The van der Waals surface area contributed by atoms with Crippen molar-refractivity contribution in [3.05, 3.63) is 53.6 Å².